The molecule has 1 rings (SSSR count). The van der Waals surface area contributed by atoms with Gasteiger partial charge in [0.1, 0.15) is 0 Å². The average molecular weight is 385 g/mol. The number of hydrogen-bond donors (Lipinski definition) is 2. The van der Waals surface area contributed by atoms with E-state index in [9.17, 15) is 23.3 Å². The Morgan fingerprint density at radius 1 is 1.12 bits per heavy atom. The Morgan fingerprint density at radius 3 is 2.50 bits per heavy atom. The molecule has 0 saturated heterocycles. The molecule has 0 bridgehead atoms. The van der Waals surface area contributed by atoms with E-state index in [-0.39, 0.29) is 29.6 Å². The highest BCUT2D eigenvalue weighted by Gasteiger charge is 2.17. The minimum atomic E-state index is -3.85. The summed E-state index contributed by atoms with van der Waals surface area (Å²) >= 11 is 0. The Bertz CT molecular complexity index is 691. The van der Waals surface area contributed by atoms with E-state index in [4.69, 9.17) is 0 Å². The number of nitrogens with one attached hydrogen (secondary N) is 2. The van der Waals surface area contributed by atoms with Crippen molar-refractivity contribution in [1.82, 2.24) is 10.0 Å². The van der Waals surface area contributed by atoms with Crippen molar-refractivity contribution >= 4 is 21.6 Å². The Labute approximate surface area is 154 Å². The molecule has 0 aromatic heterocycles. The quantitative estimate of drug-likeness (QED) is 0.307. The highest BCUT2D eigenvalue weighted by atomic mass is 32.2. The molecule has 0 atom stereocenters. The average Bonchev–Trinajstić information content (AvgIpc) is 2.62. The number of unbranched alkanes of at least 4 members (excludes halogenated alkanes) is 5. The Hall–Kier alpha value is -2.00. The van der Waals surface area contributed by atoms with E-state index >= 15 is 0 Å². The lowest BCUT2D eigenvalue weighted by Gasteiger charge is -2.08. The first kappa shape index (κ1) is 22.0. The second-order valence-corrected chi connectivity index (χ2v) is 7.79. The molecule has 0 unspecified atom stereocenters. The predicted molar refractivity (Wildman–Crippen MR) is 99.3 cm³/mol. The van der Waals surface area contributed by atoms with Gasteiger partial charge >= 0.3 is 0 Å². The number of sulfonamides is 1. The molecule has 8 nitrogen and oxygen atoms in total. The van der Waals surface area contributed by atoms with Crippen LogP contribution in [0.3, 0.4) is 0 Å². The molecule has 26 heavy (non-hydrogen) atoms. The Kier molecular flexibility index (Phi) is 9.82. The van der Waals surface area contributed by atoms with Crippen LogP contribution in [-0.4, -0.2) is 32.3 Å². The van der Waals surface area contributed by atoms with Crippen LogP contribution in [0.5, 0.6) is 0 Å². The number of rotatable bonds is 13. The van der Waals surface area contributed by atoms with Gasteiger partial charge in [0.25, 0.3) is 5.69 Å². The van der Waals surface area contributed by atoms with Gasteiger partial charge in [0.05, 0.1) is 9.82 Å². The van der Waals surface area contributed by atoms with Crippen molar-refractivity contribution in [1.29, 1.82) is 0 Å². The number of carbonyl (C=O) groups is 1. The third-order valence-corrected chi connectivity index (χ3v) is 5.29. The summed E-state index contributed by atoms with van der Waals surface area (Å²) < 4.78 is 26.5. The summed E-state index contributed by atoms with van der Waals surface area (Å²) in [5, 5.41) is 13.4. The largest absolute Gasteiger partial charge is 0.355 e. The molecule has 2 N–H and O–H groups in total. The van der Waals surface area contributed by atoms with Gasteiger partial charge in [0, 0.05) is 31.6 Å². The fourth-order valence-corrected chi connectivity index (χ4v) is 3.46. The zero-order valence-corrected chi connectivity index (χ0v) is 15.9. The minimum absolute atomic E-state index is 0.0211. The number of amides is 1. The summed E-state index contributed by atoms with van der Waals surface area (Å²) in [5.41, 5.74) is -0.292. The SMILES string of the molecule is CCCCCCCCC(=O)NCCNS(=O)(=O)c1cccc([N+](=O)[O-])c1. The molecule has 1 aromatic carbocycles. The highest BCUT2D eigenvalue weighted by Crippen LogP contribution is 2.16. The van der Waals surface area contributed by atoms with Gasteiger partial charge in [-0.3, -0.25) is 14.9 Å². The summed E-state index contributed by atoms with van der Waals surface area (Å²) in [7, 11) is -3.85. The molecule has 0 fully saturated rings. The molecule has 9 heteroatoms. The number of nitrogens with zero attached hydrogens (tertiary/aromatic N) is 1. The summed E-state index contributed by atoms with van der Waals surface area (Å²) in [6, 6.07) is 4.82. The second kappa shape index (κ2) is 11.6. The van der Waals surface area contributed by atoms with E-state index in [0.717, 1.165) is 25.3 Å². The van der Waals surface area contributed by atoms with Crippen molar-refractivity contribution in [3.8, 4) is 0 Å². The van der Waals surface area contributed by atoms with Crippen molar-refractivity contribution in [2.24, 2.45) is 0 Å². The summed E-state index contributed by atoms with van der Waals surface area (Å²) in [4.78, 5) is 21.6. The van der Waals surface area contributed by atoms with E-state index in [0.29, 0.717) is 6.42 Å². The zero-order valence-electron chi connectivity index (χ0n) is 15.1. The number of non-ortho nitro benzene ring substituents is 1. The molecule has 146 valence electrons. The molecule has 0 saturated carbocycles. The molecule has 0 heterocycles. The summed E-state index contributed by atoms with van der Waals surface area (Å²) in [6.45, 7) is 2.34. The monoisotopic (exact) mass is 385 g/mol. The summed E-state index contributed by atoms with van der Waals surface area (Å²) in [5.74, 6) is -0.102. The molecule has 0 aliphatic heterocycles. The van der Waals surface area contributed by atoms with Crippen LogP contribution >= 0.6 is 0 Å². The molecule has 1 amide bonds. The first-order valence-electron chi connectivity index (χ1n) is 8.87. The maximum atomic E-state index is 12.1. The highest BCUT2D eigenvalue weighted by molar-refractivity contribution is 7.89. The van der Waals surface area contributed by atoms with Gasteiger partial charge in [0.2, 0.25) is 15.9 Å². The molecule has 0 aliphatic rings. The van der Waals surface area contributed by atoms with Crippen LogP contribution in [0.15, 0.2) is 29.2 Å². The van der Waals surface area contributed by atoms with Gasteiger partial charge in [-0.05, 0) is 12.5 Å². The normalized spacial score (nSPS) is 11.3. The van der Waals surface area contributed by atoms with E-state index in [1.165, 1.54) is 37.5 Å². The Morgan fingerprint density at radius 2 is 1.81 bits per heavy atom. The zero-order chi connectivity index (χ0) is 19.4. The van der Waals surface area contributed by atoms with Crippen molar-refractivity contribution in [2.75, 3.05) is 13.1 Å². The molecule has 0 aliphatic carbocycles. The van der Waals surface area contributed by atoms with Gasteiger partial charge in [-0.2, -0.15) is 0 Å². The molecular weight excluding hydrogens is 358 g/mol. The lowest BCUT2D eigenvalue weighted by Crippen LogP contribution is -2.34. The van der Waals surface area contributed by atoms with Crippen LogP contribution in [0, 0.1) is 10.1 Å². The van der Waals surface area contributed by atoms with Crippen molar-refractivity contribution in [3.63, 3.8) is 0 Å². The van der Waals surface area contributed by atoms with Gasteiger partial charge < -0.3 is 5.32 Å². The number of hydrogen-bond acceptors (Lipinski definition) is 5. The third-order valence-electron chi connectivity index (χ3n) is 3.84. The standard InChI is InChI=1S/C17H27N3O5S/c1-2-3-4-5-6-7-11-17(21)18-12-13-19-26(24,25)16-10-8-9-15(14-16)20(22)23/h8-10,14,19H,2-7,11-13H2,1H3,(H,18,21). The number of nitro benzene ring substituents is 1. The second-order valence-electron chi connectivity index (χ2n) is 6.02. The van der Waals surface area contributed by atoms with Crippen LogP contribution in [0.4, 0.5) is 5.69 Å². The van der Waals surface area contributed by atoms with Crippen LogP contribution < -0.4 is 10.0 Å². The topological polar surface area (TPSA) is 118 Å². The molecular formula is C17H27N3O5S. The van der Waals surface area contributed by atoms with Crippen LogP contribution in [0.25, 0.3) is 0 Å². The maximum Gasteiger partial charge on any atom is 0.270 e. The first-order chi connectivity index (χ1) is 12.4. The van der Waals surface area contributed by atoms with E-state index in [1.54, 1.807) is 0 Å². The summed E-state index contributed by atoms with van der Waals surface area (Å²) in [6.07, 6.45) is 7.01. The lowest BCUT2D eigenvalue weighted by atomic mass is 10.1. The van der Waals surface area contributed by atoms with Gasteiger partial charge in [0.15, 0.2) is 0 Å². The smallest absolute Gasteiger partial charge is 0.270 e. The lowest BCUT2D eigenvalue weighted by molar-refractivity contribution is -0.385. The third kappa shape index (κ3) is 8.39. The number of nitro groups is 1. The predicted octanol–water partition coefficient (Wildman–Crippen LogP) is 2.74. The van der Waals surface area contributed by atoms with Gasteiger partial charge in [-0.25, -0.2) is 13.1 Å². The van der Waals surface area contributed by atoms with Crippen molar-refractivity contribution < 1.29 is 18.1 Å². The maximum absolute atomic E-state index is 12.1. The minimum Gasteiger partial charge on any atom is -0.355 e. The molecule has 0 radical (unpaired) electrons. The Balaban J connectivity index is 2.28. The fraction of sp³-hybridized carbons (Fsp3) is 0.588. The molecule has 0 spiro atoms. The van der Waals surface area contributed by atoms with Gasteiger partial charge in [-0.1, -0.05) is 45.1 Å². The van der Waals surface area contributed by atoms with Crippen LogP contribution in [0.1, 0.15) is 51.9 Å². The van der Waals surface area contributed by atoms with E-state index < -0.39 is 14.9 Å². The van der Waals surface area contributed by atoms with Gasteiger partial charge in [-0.15, -0.1) is 0 Å². The van der Waals surface area contributed by atoms with Crippen LogP contribution in [-0.2, 0) is 14.8 Å². The van der Waals surface area contributed by atoms with Crippen molar-refractivity contribution in [3.05, 3.63) is 34.4 Å². The first-order valence-corrected chi connectivity index (χ1v) is 10.4. The van der Waals surface area contributed by atoms with E-state index in [2.05, 4.69) is 17.0 Å². The molecule has 1 aromatic rings. The van der Waals surface area contributed by atoms with Crippen molar-refractivity contribution in [2.45, 2.75) is 56.8 Å². The number of benzene rings is 1. The van der Waals surface area contributed by atoms with E-state index in [1.807, 2.05) is 0 Å². The van der Waals surface area contributed by atoms with Crippen LogP contribution in [0.2, 0.25) is 0 Å². The fourth-order valence-electron chi connectivity index (χ4n) is 2.39. The number of carbonyl (C=O) groups excluding carboxylic acids is 1.